The fraction of sp³-hybridized carbons (Fsp3) is 0.100. The number of nitrogens with one attached hydrogen (secondary N) is 2. The van der Waals surface area contributed by atoms with Crippen LogP contribution in [0.2, 0.25) is 0 Å². The van der Waals surface area contributed by atoms with Gasteiger partial charge in [-0.25, -0.2) is 0 Å². The van der Waals surface area contributed by atoms with Gasteiger partial charge in [-0.05, 0) is 12.1 Å². The molecule has 0 bridgehead atoms. The van der Waals surface area contributed by atoms with E-state index >= 15 is 0 Å². The van der Waals surface area contributed by atoms with E-state index in [0.29, 0.717) is 0 Å². The monoisotopic (exact) mass is 237 g/mol. The highest BCUT2D eigenvalue weighted by atomic mass is 16.4. The van der Waals surface area contributed by atoms with Crippen LogP contribution in [0, 0.1) is 16.9 Å². The molecule has 0 fully saturated rings. The zero-order valence-electron chi connectivity index (χ0n) is 9.34. The number of hydrogen-bond donors (Lipinski definition) is 5. The van der Waals surface area contributed by atoms with Gasteiger partial charge in [0.25, 0.3) is 5.97 Å². The van der Waals surface area contributed by atoms with Gasteiger partial charge < -0.3 is 16.6 Å². The highest BCUT2D eigenvalue weighted by Gasteiger charge is 1.81. The number of hydrogen-bond acceptors (Lipinski definition) is 4. The van der Waals surface area contributed by atoms with Crippen molar-refractivity contribution in [3.8, 4) is 6.19 Å². The first-order valence-electron chi connectivity index (χ1n) is 4.39. The Balaban J connectivity index is 0. The highest BCUT2D eigenvalue weighted by molar-refractivity contribution is 5.71. The van der Waals surface area contributed by atoms with Crippen LogP contribution < -0.4 is 16.8 Å². The summed E-state index contributed by atoms with van der Waals surface area (Å²) >= 11 is 0. The van der Waals surface area contributed by atoms with E-state index in [1.807, 2.05) is 36.5 Å². The van der Waals surface area contributed by atoms with Gasteiger partial charge in [0.2, 0.25) is 0 Å². The lowest BCUT2D eigenvalue weighted by Crippen LogP contribution is -2.20. The van der Waals surface area contributed by atoms with Gasteiger partial charge in [0.05, 0.1) is 0 Å². The molecule has 0 saturated carbocycles. The van der Waals surface area contributed by atoms with Crippen molar-refractivity contribution in [2.24, 2.45) is 11.5 Å². The number of anilines is 1. The van der Waals surface area contributed by atoms with Crippen molar-refractivity contribution >= 4 is 17.6 Å². The number of carboxylic acids is 1. The van der Waals surface area contributed by atoms with Crippen molar-refractivity contribution in [3.63, 3.8) is 0 Å². The van der Waals surface area contributed by atoms with Gasteiger partial charge in [-0.15, -0.1) is 0 Å². The maximum absolute atomic E-state index is 9.00. The minimum Gasteiger partial charge on any atom is -0.481 e. The standard InChI is InChI=1S/C7H6N2.C2H4O2.CH5N3/c8-6-9-7-4-2-1-3-5-7;1-2(3)4;2-1(3)4/h1-5,9H;1H3,(H,3,4);(H5,2,3,4). The van der Waals surface area contributed by atoms with E-state index in [1.165, 1.54) is 0 Å². The molecule has 0 heterocycles. The van der Waals surface area contributed by atoms with Crippen LogP contribution in [0.1, 0.15) is 6.92 Å². The number of carboxylic acid groups (broad SMARTS) is 1. The minimum absolute atomic E-state index is 0.333. The Labute approximate surface area is 99.2 Å². The molecule has 1 rings (SSSR count). The lowest BCUT2D eigenvalue weighted by atomic mass is 10.3. The van der Waals surface area contributed by atoms with Gasteiger partial charge >= 0.3 is 0 Å². The van der Waals surface area contributed by atoms with E-state index in [-0.39, 0.29) is 5.96 Å². The summed E-state index contributed by atoms with van der Waals surface area (Å²) in [6.45, 7) is 1.08. The third-order valence-corrected chi connectivity index (χ3v) is 0.974. The third kappa shape index (κ3) is 24.6. The molecule has 0 aliphatic carbocycles. The maximum atomic E-state index is 9.00. The van der Waals surface area contributed by atoms with Gasteiger partial charge in [-0.3, -0.25) is 15.5 Å². The molecular formula is C10H15N5O2. The second kappa shape index (κ2) is 11.3. The summed E-state index contributed by atoms with van der Waals surface area (Å²) in [4.78, 5) is 9.00. The van der Waals surface area contributed by atoms with E-state index in [4.69, 9.17) is 20.6 Å². The molecular weight excluding hydrogens is 222 g/mol. The first-order chi connectivity index (χ1) is 7.90. The second-order valence-electron chi connectivity index (χ2n) is 2.58. The molecule has 7 heteroatoms. The van der Waals surface area contributed by atoms with Crippen LogP contribution in [0.5, 0.6) is 0 Å². The van der Waals surface area contributed by atoms with Gasteiger partial charge in [-0.2, -0.15) is 5.26 Å². The van der Waals surface area contributed by atoms with Gasteiger partial charge in [0.1, 0.15) is 0 Å². The molecule has 0 atom stereocenters. The van der Waals surface area contributed by atoms with Crippen molar-refractivity contribution in [2.75, 3.05) is 5.32 Å². The average molecular weight is 237 g/mol. The van der Waals surface area contributed by atoms with Crippen molar-refractivity contribution in [3.05, 3.63) is 30.3 Å². The molecule has 0 aromatic heterocycles. The number of benzene rings is 1. The van der Waals surface area contributed by atoms with Crippen LogP contribution in [0.25, 0.3) is 0 Å². The Hall–Kier alpha value is -2.75. The predicted molar refractivity (Wildman–Crippen MR) is 65.1 cm³/mol. The fourth-order valence-electron chi connectivity index (χ4n) is 0.586. The summed E-state index contributed by atoms with van der Waals surface area (Å²) in [7, 11) is 0. The number of para-hydroxylation sites is 1. The molecule has 1 aromatic carbocycles. The molecule has 0 radical (unpaired) electrons. The molecule has 7 N–H and O–H groups in total. The predicted octanol–water partition coefficient (Wildman–Crippen LogP) is 0.509. The lowest BCUT2D eigenvalue weighted by molar-refractivity contribution is -0.134. The molecule has 0 aliphatic rings. The van der Waals surface area contributed by atoms with E-state index < -0.39 is 5.97 Å². The number of guanidine groups is 1. The first kappa shape index (κ1) is 16.7. The first-order valence-corrected chi connectivity index (χ1v) is 4.39. The average Bonchev–Trinajstić information content (AvgIpc) is 2.18. The number of nitriles is 1. The maximum Gasteiger partial charge on any atom is 0.300 e. The zero-order chi connectivity index (χ0) is 13.7. The molecule has 0 aliphatic heterocycles. The molecule has 1 aromatic rings. The lowest BCUT2D eigenvalue weighted by Gasteiger charge is -1.91. The molecule has 92 valence electrons. The zero-order valence-corrected chi connectivity index (χ0v) is 9.34. The van der Waals surface area contributed by atoms with E-state index in [1.54, 1.807) is 0 Å². The Morgan fingerprint density at radius 2 is 1.76 bits per heavy atom. The number of carbonyl (C=O) groups is 1. The van der Waals surface area contributed by atoms with E-state index in [0.717, 1.165) is 12.6 Å². The summed E-state index contributed by atoms with van der Waals surface area (Å²) in [6.07, 6.45) is 1.83. The molecule has 0 unspecified atom stereocenters. The van der Waals surface area contributed by atoms with Gasteiger partial charge in [-0.1, -0.05) is 18.2 Å². The Morgan fingerprint density at radius 3 is 2.06 bits per heavy atom. The van der Waals surface area contributed by atoms with Gasteiger partial charge in [0, 0.05) is 12.6 Å². The Morgan fingerprint density at radius 1 is 1.41 bits per heavy atom. The quantitative estimate of drug-likeness (QED) is 0.208. The van der Waals surface area contributed by atoms with Crippen molar-refractivity contribution in [1.29, 1.82) is 10.7 Å². The van der Waals surface area contributed by atoms with Crippen LogP contribution in [-0.2, 0) is 4.79 Å². The summed E-state index contributed by atoms with van der Waals surface area (Å²) in [5.74, 6) is -1.17. The van der Waals surface area contributed by atoms with Crippen LogP contribution in [-0.4, -0.2) is 17.0 Å². The third-order valence-electron chi connectivity index (χ3n) is 0.974. The highest BCUT2D eigenvalue weighted by Crippen LogP contribution is 2.02. The topological polar surface area (TPSA) is 149 Å². The van der Waals surface area contributed by atoms with E-state index in [9.17, 15) is 0 Å². The summed E-state index contributed by atoms with van der Waals surface area (Å²) < 4.78 is 0. The van der Waals surface area contributed by atoms with E-state index in [2.05, 4.69) is 16.8 Å². The molecule has 0 saturated heterocycles. The van der Waals surface area contributed by atoms with Crippen molar-refractivity contribution in [1.82, 2.24) is 0 Å². The minimum atomic E-state index is -0.833. The van der Waals surface area contributed by atoms with Crippen molar-refractivity contribution in [2.45, 2.75) is 6.92 Å². The number of aliphatic carboxylic acids is 1. The van der Waals surface area contributed by atoms with Crippen LogP contribution in [0.15, 0.2) is 30.3 Å². The van der Waals surface area contributed by atoms with Gasteiger partial charge in [0.15, 0.2) is 12.2 Å². The summed E-state index contributed by atoms with van der Waals surface area (Å²) in [5.41, 5.74) is 9.78. The number of rotatable bonds is 1. The molecule has 0 amide bonds. The summed E-state index contributed by atoms with van der Waals surface area (Å²) in [5, 5.41) is 24.1. The van der Waals surface area contributed by atoms with Crippen molar-refractivity contribution < 1.29 is 9.90 Å². The number of nitrogens with two attached hydrogens (primary N) is 2. The van der Waals surface area contributed by atoms with Crippen LogP contribution >= 0.6 is 0 Å². The van der Waals surface area contributed by atoms with Crippen LogP contribution in [0.4, 0.5) is 5.69 Å². The normalized spacial score (nSPS) is 7.06. The summed E-state index contributed by atoms with van der Waals surface area (Å²) in [6, 6.07) is 9.33. The molecule has 7 nitrogen and oxygen atoms in total. The SMILES string of the molecule is CC(=O)O.N#CNc1ccccc1.N=C(N)N. The van der Waals surface area contributed by atoms with Crippen LogP contribution in [0.3, 0.4) is 0 Å². The smallest absolute Gasteiger partial charge is 0.300 e. The second-order valence-corrected chi connectivity index (χ2v) is 2.58. The fourth-order valence-corrected chi connectivity index (χ4v) is 0.586. The largest absolute Gasteiger partial charge is 0.481 e. The Kier molecular flexibility index (Phi) is 11.1. The number of nitrogens with zero attached hydrogens (tertiary/aromatic N) is 1. The Bertz CT molecular complexity index is 352. The molecule has 17 heavy (non-hydrogen) atoms. The molecule has 0 spiro atoms.